The van der Waals surface area contributed by atoms with E-state index in [4.69, 9.17) is 0 Å². The lowest BCUT2D eigenvalue weighted by molar-refractivity contribution is -0.135. The fourth-order valence-electron chi connectivity index (χ4n) is 2.63. The van der Waals surface area contributed by atoms with Gasteiger partial charge in [0.25, 0.3) is 11.5 Å². The van der Waals surface area contributed by atoms with Crippen molar-refractivity contribution in [3.63, 3.8) is 0 Å². The number of aromatic nitrogens is 3. The van der Waals surface area contributed by atoms with Crippen LogP contribution < -0.4 is 16.2 Å². The second kappa shape index (κ2) is 9.58. The van der Waals surface area contributed by atoms with Gasteiger partial charge in [-0.05, 0) is 25.5 Å². The summed E-state index contributed by atoms with van der Waals surface area (Å²) in [5, 5.41) is 5.04. The van der Waals surface area contributed by atoms with E-state index < -0.39 is 29.4 Å². The molecule has 2 aromatic rings. The quantitative estimate of drug-likeness (QED) is 0.580. The lowest BCUT2D eigenvalue weighted by Gasteiger charge is -2.18. The van der Waals surface area contributed by atoms with Crippen molar-refractivity contribution in [2.24, 2.45) is 7.05 Å². The van der Waals surface area contributed by atoms with E-state index in [1.165, 1.54) is 27.7 Å². The molecule has 10 nitrogen and oxygen atoms in total. The average Bonchev–Trinajstić information content (AvgIpc) is 3.12. The fraction of sp³-hybridized carbons (Fsp3) is 0.368. The van der Waals surface area contributed by atoms with E-state index in [0.29, 0.717) is 6.54 Å². The molecule has 0 saturated carbocycles. The van der Waals surface area contributed by atoms with Gasteiger partial charge in [-0.25, -0.2) is 4.98 Å². The Labute approximate surface area is 166 Å². The van der Waals surface area contributed by atoms with Gasteiger partial charge in [0, 0.05) is 33.1 Å². The van der Waals surface area contributed by atoms with Gasteiger partial charge in [0.15, 0.2) is 11.6 Å². The maximum absolute atomic E-state index is 12.7. The Balaban J connectivity index is 2.21. The highest BCUT2D eigenvalue weighted by Gasteiger charge is 2.25. The number of pyridine rings is 1. The lowest BCUT2D eigenvalue weighted by Crippen LogP contribution is -2.45. The molecule has 0 aliphatic rings. The molecule has 10 heteroatoms. The topological polar surface area (TPSA) is 132 Å². The molecule has 0 unspecified atom stereocenters. The van der Waals surface area contributed by atoms with Gasteiger partial charge in [-0.15, -0.1) is 0 Å². The number of nitrogens with one attached hydrogen (secondary N) is 2. The molecule has 29 heavy (non-hydrogen) atoms. The number of ketones is 2. The molecule has 2 N–H and O–H groups in total. The van der Waals surface area contributed by atoms with Crippen LogP contribution in [-0.4, -0.2) is 43.5 Å². The Hall–Kier alpha value is -3.56. The highest BCUT2D eigenvalue weighted by atomic mass is 16.2. The molecule has 154 valence electrons. The van der Waals surface area contributed by atoms with Crippen molar-refractivity contribution in [3.8, 4) is 0 Å². The molecule has 2 heterocycles. The predicted molar refractivity (Wildman–Crippen MR) is 104 cm³/mol. The zero-order valence-electron chi connectivity index (χ0n) is 16.5. The third-order valence-corrected chi connectivity index (χ3v) is 4.34. The van der Waals surface area contributed by atoms with Crippen LogP contribution >= 0.6 is 0 Å². The smallest absolute Gasteiger partial charge is 0.274 e. The first-order valence-corrected chi connectivity index (χ1v) is 9.05. The SMILES string of the molecule is CCn1cccc(NC(=O)[C@H](CCC(=O)C(C)=O)NC(=O)c2cncn2C)c1=O. The molecule has 0 saturated heterocycles. The summed E-state index contributed by atoms with van der Waals surface area (Å²) in [4.78, 5) is 64.2. The molecule has 0 aliphatic carbocycles. The van der Waals surface area contributed by atoms with Gasteiger partial charge >= 0.3 is 0 Å². The third-order valence-electron chi connectivity index (χ3n) is 4.34. The van der Waals surface area contributed by atoms with Crippen LogP contribution in [-0.2, 0) is 28.0 Å². The summed E-state index contributed by atoms with van der Waals surface area (Å²) >= 11 is 0. The van der Waals surface area contributed by atoms with E-state index in [0.717, 1.165) is 6.92 Å². The van der Waals surface area contributed by atoms with Crippen LogP contribution in [0.1, 0.15) is 37.2 Å². The van der Waals surface area contributed by atoms with Crippen LogP contribution in [0.15, 0.2) is 35.6 Å². The normalized spacial score (nSPS) is 11.6. The fourth-order valence-corrected chi connectivity index (χ4v) is 2.63. The molecule has 0 fully saturated rings. The summed E-state index contributed by atoms with van der Waals surface area (Å²) in [7, 11) is 1.62. The summed E-state index contributed by atoms with van der Waals surface area (Å²) in [6.07, 6.45) is 4.05. The van der Waals surface area contributed by atoms with E-state index in [-0.39, 0.29) is 29.8 Å². The van der Waals surface area contributed by atoms with Crippen LogP contribution in [0.4, 0.5) is 5.69 Å². The first kappa shape index (κ1) is 21.7. The Morgan fingerprint density at radius 2 is 1.97 bits per heavy atom. The Morgan fingerprint density at radius 1 is 1.24 bits per heavy atom. The number of amides is 2. The van der Waals surface area contributed by atoms with Crippen LogP contribution in [0.2, 0.25) is 0 Å². The number of carbonyl (C=O) groups is 4. The van der Waals surface area contributed by atoms with Crippen molar-refractivity contribution < 1.29 is 19.2 Å². The monoisotopic (exact) mass is 401 g/mol. The maximum Gasteiger partial charge on any atom is 0.274 e. The van der Waals surface area contributed by atoms with Crippen molar-refractivity contribution >= 4 is 29.1 Å². The molecule has 0 bridgehead atoms. The lowest BCUT2D eigenvalue weighted by atomic mass is 10.1. The van der Waals surface area contributed by atoms with E-state index in [2.05, 4.69) is 15.6 Å². The summed E-state index contributed by atoms with van der Waals surface area (Å²) in [6.45, 7) is 3.36. The first-order valence-electron chi connectivity index (χ1n) is 9.05. The van der Waals surface area contributed by atoms with Crippen molar-refractivity contribution in [2.45, 2.75) is 39.3 Å². The van der Waals surface area contributed by atoms with E-state index >= 15 is 0 Å². The van der Waals surface area contributed by atoms with Crippen LogP contribution in [0.5, 0.6) is 0 Å². The molecular formula is C19H23N5O5. The highest BCUT2D eigenvalue weighted by Crippen LogP contribution is 2.07. The van der Waals surface area contributed by atoms with Gasteiger partial charge in [-0.1, -0.05) is 0 Å². The number of carbonyl (C=O) groups excluding carboxylic acids is 4. The molecule has 0 spiro atoms. The summed E-state index contributed by atoms with van der Waals surface area (Å²) < 4.78 is 2.89. The number of hydrogen-bond donors (Lipinski definition) is 2. The summed E-state index contributed by atoms with van der Waals surface area (Å²) in [6, 6.07) is 1.94. The summed E-state index contributed by atoms with van der Waals surface area (Å²) in [5.74, 6) is -2.51. The maximum atomic E-state index is 12.7. The number of nitrogens with zero attached hydrogens (tertiary/aromatic N) is 3. The minimum atomic E-state index is -1.13. The zero-order valence-corrected chi connectivity index (χ0v) is 16.5. The minimum Gasteiger partial charge on any atom is -0.339 e. The first-order chi connectivity index (χ1) is 13.7. The van der Waals surface area contributed by atoms with Crippen molar-refractivity contribution in [2.75, 3.05) is 5.32 Å². The van der Waals surface area contributed by atoms with E-state index in [9.17, 15) is 24.0 Å². The van der Waals surface area contributed by atoms with Crippen LogP contribution in [0.25, 0.3) is 0 Å². The number of imidazole rings is 1. The molecule has 2 rings (SSSR count). The molecular weight excluding hydrogens is 378 g/mol. The van der Waals surface area contributed by atoms with Gasteiger partial charge in [-0.3, -0.25) is 24.0 Å². The van der Waals surface area contributed by atoms with Crippen molar-refractivity contribution in [1.29, 1.82) is 0 Å². The van der Waals surface area contributed by atoms with Gasteiger partial charge in [0.1, 0.15) is 17.4 Å². The van der Waals surface area contributed by atoms with Crippen molar-refractivity contribution in [1.82, 2.24) is 19.4 Å². The largest absolute Gasteiger partial charge is 0.339 e. The van der Waals surface area contributed by atoms with Gasteiger partial charge in [0.05, 0.1) is 12.5 Å². The van der Waals surface area contributed by atoms with Crippen LogP contribution in [0.3, 0.4) is 0 Å². The highest BCUT2D eigenvalue weighted by molar-refractivity contribution is 6.36. The summed E-state index contributed by atoms with van der Waals surface area (Å²) in [5.41, 5.74) is -0.120. The predicted octanol–water partition coefficient (Wildman–Crippen LogP) is 0.277. The van der Waals surface area contributed by atoms with E-state index in [1.54, 1.807) is 26.2 Å². The molecule has 0 aromatic carbocycles. The molecule has 0 radical (unpaired) electrons. The standard InChI is InChI=1S/C19H23N5O5/c1-4-24-9-5-6-14(19(24)29)22-17(27)13(7-8-16(26)12(2)25)21-18(28)15-10-20-11-23(15)3/h5-6,9-11,13H,4,7-8H2,1-3H3,(H,21,28)(H,22,27)/t13-/m0/s1. The van der Waals surface area contributed by atoms with Crippen LogP contribution in [0, 0.1) is 0 Å². The second-order valence-corrected chi connectivity index (χ2v) is 6.44. The second-order valence-electron chi connectivity index (χ2n) is 6.44. The Morgan fingerprint density at radius 3 is 2.55 bits per heavy atom. The van der Waals surface area contributed by atoms with Gasteiger partial charge in [-0.2, -0.15) is 0 Å². The van der Waals surface area contributed by atoms with Gasteiger partial charge in [0.2, 0.25) is 5.91 Å². The van der Waals surface area contributed by atoms with Crippen molar-refractivity contribution in [3.05, 3.63) is 46.9 Å². The number of rotatable bonds is 9. The Bertz CT molecular complexity index is 991. The average molecular weight is 401 g/mol. The Kier molecular flexibility index (Phi) is 7.18. The minimum absolute atomic E-state index is 0.0528. The number of anilines is 1. The van der Waals surface area contributed by atoms with Gasteiger partial charge < -0.3 is 19.8 Å². The number of aryl methyl sites for hydroxylation is 2. The van der Waals surface area contributed by atoms with E-state index in [1.807, 2.05) is 0 Å². The molecule has 0 aliphatic heterocycles. The molecule has 2 aromatic heterocycles. The number of hydrogen-bond acceptors (Lipinski definition) is 6. The molecule has 2 amide bonds. The third kappa shape index (κ3) is 5.47. The molecule has 1 atom stereocenters. The zero-order chi connectivity index (χ0) is 21.6. The number of Topliss-reactive ketones (excluding diaryl/α,β-unsaturated/α-hetero) is 2.